The van der Waals surface area contributed by atoms with Gasteiger partial charge in [-0.2, -0.15) is 0 Å². The molecule has 2 saturated carbocycles. The largest absolute Gasteiger partial charge is 0.314 e. The molecular formula is C16H31N. The van der Waals surface area contributed by atoms with Crippen LogP contribution in [-0.2, 0) is 0 Å². The fraction of sp³-hybridized carbons (Fsp3) is 1.00. The highest BCUT2D eigenvalue weighted by molar-refractivity contribution is 4.84. The summed E-state index contributed by atoms with van der Waals surface area (Å²) in [5.74, 6) is 3.10. The maximum atomic E-state index is 3.70. The summed E-state index contributed by atoms with van der Waals surface area (Å²) in [7, 11) is 0. The number of hydrogen-bond acceptors (Lipinski definition) is 1. The van der Waals surface area contributed by atoms with E-state index in [4.69, 9.17) is 0 Å². The molecule has 0 aliphatic heterocycles. The molecule has 0 bridgehead atoms. The normalized spacial score (nSPS) is 31.9. The molecule has 1 N–H and O–H groups in total. The Morgan fingerprint density at radius 2 is 1.53 bits per heavy atom. The molecule has 2 rings (SSSR count). The first-order valence-corrected chi connectivity index (χ1v) is 8.00. The predicted octanol–water partition coefficient (Wildman–Crippen LogP) is 4.37. The van der Waals surface area contributed by atoms with Crippen LogP contribution in [0.5, 0.6) is 0 Å². The Bertz CT molecular complexity index is 206. The topological polar surface area (TPSA) is 12.0 Å². The lowest BCUT2D eigenvalue weighted by Crippen LogP contribution is -2.34. The van der Waals surface area contributed by atoms with Crippen LogP contribution in [0.25, 0.3) is 0 Å². The zero-order valence-electron chi connectivity index (χ0n) is 11.9. The highest BCUT2D eigenvalue weighted by atomic mass is 14.9. The van der Waals surface area contributed by atoms with E-state index in [9.17, 15) is 0 Å². The number of nitrogens with one attached hydrogen (secondary N) is 1. The Labute approximate surface area is 108 Å². The van der Waals surface area contributed by atoms with Crippen molar-refractivity contribution in [3.05, 3.63) is 0 Å². The van der Waals surface area contributed by atoms with Gasteiger partial charge in [-0.1, -0.05) is 58.8 Å². The van der Waals surface area contributed by atoms with E-state index in [1.54, 1.807) is 0 Å². The Morgan fingerprint density at radius 3 is 2.24 bits per heavy atom. The van der Waals surface area contributed by atoms with Gasteiger partial charge >= 0.3 is 0 Å². The van der Waals surface area contributed by atoms with Crippen LogP contribution in [0.3, 0.4) is 0 Å². The van der Waals surface area contributed by atoms with Gasteiger partial charge in [-0.15, -0.1) is 0 Å². The summed E-state index contributed by atoms with van der Waals surface area (Å²) in [6.07, 6.45) is 13.5. The van der Waals surface area contributed by atoms with Gasteiger partial charge in [-0.3, -0.25) is 0 Å². The first-order chi connectivity index (χ1) is 8.27. The lowest BCUT2D eigenvalue weighted by Gasteiger charge is -2.31. The molecule has 0 spiro atoms. The molecular weight excluding hydrogens is 206 g/mol. The summed E-state index contributed by atoms with van der Waals surface area (Å²) in [5, 5.41) is 3.70. The predicted molar refractivity (Wildman–Crippen MR) is 75.2 cm³/mol. The minimum Gasteiger partial charge on any atom is -0.314 e. The SMILES string of the molecule is CC(C)NCC1CCCCCC1C1CCCC1. The molecule has 0 radical (unpaired) electrons. The maximum absolute atomic E-state index is 3.70. The molecule has 17 heavy (non-hydrogen) atoms. The zero-order chi connectivity index (χ0) is 12.1. The summed E-state index contributed by atoms with van der Waals surface area (Å²) in [6.45, 7) is 5.83. The number of hydrogen-bond donors (Lipinski definition) is 1. The van der Waals surface area contributed by atoms with Crippen molar-refractivity contribution in [1.29, 1.82) is 0 Å². The number of rotatable bonds is 4. The molecule has 0 saturated heterocycles. The van der Waals surface area contributed by atoms with E-state index in [0.29, 0.717) is 6.04 Å². The van der Waals surface area contributed by atoms with Gasteiger partial charge < -0.3 is 5.32 Å². The second-order valence-electron chi connectivity index (χ2n) is 6.67. The van der Waals surface area contributed by atoms with Crippen LogP contribution in [-0.4, -0.2) is 12.6 Å². The third-order valence-corrected chi connectivity index (χ3v) is 5.01. The lowest BCUT2D eigenvalue weighted by atomic mass is 9.77. The second-order valence-corrected chi connectivity index (χ2v) is 6.67. The average molecular weight is 237 g/mol. The molecule has 2 aliphatic rings. The fourth-order valence-corrected chi connectivity index (χ4v) is 4.06. The van der Waals surface area contributed by atoms with Gasteiger partial charge in [-0.25, -0.2) is 0 Å². The van der Waals surface area contributed by atoms with Crippen LogP contribution < -0.4 is 5.32 Å². The van der Waals surface area contributed by atoms with Gasteiger partial charge in [0.25, 0.3) is 0 Å². The third kappa shape index (κ3) is 3.98. The molecule has 2 aliphatic carbocycles. The van der Waals surface area contributed by atoms with Gasteiger partial charge in [0.05, 0.1) is 0 Å². The minimum atomic E-state index is 0.655. The Morgan fingerprint density at radius 1 is 0.882 bits per heavy atom. The molecule has 2 atom stereocenters. The van der Waals surface area contributed by atoms with Gasteiger partial charge in [0, 0.05) is 6.04 Å². The molecule has 2 unspecified atom stereocenters. The van der Waals surface area contributed by atoms with Crippen LogP contribution in [0.15, 0.2) is 0 Å². The average Bonchev–Trinajstić information content (AvgIpc) is 2.72. The monoisotopic (exact) mass is 237 g/mol. The van der Waals surface area contributed by atoms with Crippen molar-refractivity contribution in [3.8, 4) is 0 Å². The van der Waals surface area contributed by atoms with E-state index < -0.39 is 0 Å². The van der Waals surface area contributed by atoms with Crippen molar-refractivity contribution in [2.45, 2.75) is 77.7 Å². The Hall–Kier alpha value is -0.0400. The first-order valence-electron chi connectivity index (χ1n) is 8.00. The first kappa shape index (κ1) is 13.4. The Kier molecular flexibility index (Phi) is 5.34. The van der Waals surface area contributed by atoms with Crippen LogP contribution in [0, 0.1) is 17.8 Å². The quantitative estimate of drug-likeness (QED) is 0.716. The lowest BCUT2D eigenvalue weighted by molar-refractivity contribution is 0.206. The van der Waals surface area contributed by atoms with E-state index in [2.05, 4.69) is 19.2 Å². The van der Waals surface area contributed by atoms with Gasteiger partial charge in [0.1, 0.15) is 0 Å². The van der Waals surface area contributed by atoms with Crippen LogP contribution in [0.1, 0.15) is 71.6 Å². The summed E-state index contributed by atoms with van der Waals surface area (Å²) >= 11 is 0. The van der Waals surface area contributed by atoms with E-state index in [0.717, 1.165) is 17.8 Å². The molecule has 1 heteroatoms. The molecule has 0 aromatic heterocycles. The van der Waals surface area contributed by atoms with E-state index in [1.165, 1.54) is 64.3 Å². The minimum absolute atomic E-state index is 0.655. The second kappa shape index (κ2) is 6.78. The smallest absolute Gasteiger partial charge is 0.00104 e. The van der Waals surface area contributed by atoms with E-state index in [1.807, 2.05) is 0 Å². The van der Waals surface area contributed by atoms with Crippen molar-refractivity contribution >= 4 is 0 Å². The van der Waals surface area contributed by atoms with Gasteiger partial charge in [0.2, 0.25) is 0 Å². The third-order valence-electron chi connectivity index (χ3n) is 5.01. The molecule has 0 heterocycles. The molecule has 0 aromatic carbocycles. The molecule has 1 nitrogen and oxygen atoms in total. The summed E-state index contributed by atoms with van der Waals surface area (Å²) in [4.78, 5) is 0. The van der Waals surface area contributed by atoms with Crippen molar-refractivity contribution in [2.75, 3.05) is 6.54 Å². The standard InChI is InChI=1S/C16H31N/c1-13(2)17-12-15-10-4-3-5-11-16(15)14-8-6-7-9-14/h13-17H,3-12H2,1-2H3. The molecule has 100 valence electrons. The van der Waals surface area contributed by atoms with E-state index >= 15 is 0 Å². The van der Waals surface area contributed by atoms with Crippen LogP contribution >= 0.6 is 0 Å². The summed E-state index contributed by atoms with van der Waals surface area (Å²) < 4.78 is 0. The van der Waals surface area contributed by atoms with Crippen molar-refractivity contribution in [1.82, 2.24) is 5.32 Å². The van der Waals surface area contributed by atoms with Gasteiger partial charge in [-0.05, 0) is 37.1 Å². The molecule has 2 fully saturated rings. The fourth-order valence-electron chi connectivity index (χ4n) is 4.06. The summed E-state index contributed by atoms with van der Waals surface area (Å²) in [6, 6.07) is 0.655. The van der Waals surface area contributed by atoms with E-state index in [-0.39, 0.29) is 0 Å². The van der Waals surface area contributed by atoms with Gasteiger partial charge in [0.15, 0.2) is 0 Å². The highest BCUT2D eigenvalue weighted by Crippen LogP contribution is 2.41. The highest BCUT2D eigenvalue weighted by Gasteiger charge is 2.31. The summed E-state index contributed by atoms with van der Waals surface area (Å²) in [5.41, 5.74) is 0. The molecule has 0 aromatic rings. The Balaban J connectivity index is 1.91. The molecule has 0 amide bonds. The van der Waals surface area contributed by atoms with Crippen LogP contribution in [0.2, 0.25) is 0 Å². The van der Waals surface area contributed by atoms with Crippen molar-refractivity contribution in [2.24, 2.45) is 17.8 Å². The van der Waals surface area contributed by atoms with Crippen molar-refractivity contribution < 1.29 is 0 Å². The maximum Gasteiger partial charge on any atom is 0.00104 e. The zero-order valence-corrected chi connectivity index (χ0v) is 11.9. The van der Waals surface area contributed by atoms with Crippen LogP contribution in [0.4, 0.5) is 0 Å². The van der Waals surface area contributed by atoms with Crippen molar-refractivity contribution in [3.63, 3.8) is 0 Å².